The number of rotatable bonds is 4. The van der Waals surface area contributed by atoms with Gasteiger partial charge in [0.05, 0.1) is 12.2 Å². The van der Waals surface area contributed by atoms with E-state index in [1.807, 2.05) is 31.2 Å². The van der Waals surface area contributed by atoms with E-state index in [4.69, 9.17) is 0 Å². The van der Waals surface area contributed by atoms with E-state index in [2.05, 4.69) is 5.32 Å². The Bertz CT molecular complexity index is 1250. The summed E-state index contributed by atoms with van der Waals surface area (Å²) in [4.78, 5) is 12.6. The van der Waals surface area contributed by atoms with Crippen molar-refractivity contribution >= 4 is 27.2 Å². The van der Waals surface area contributed by atoms with Gasteiger partial charge in [-0.25, -0.2) is 12.8 Å². The Kier molecular flexibility index (Phi) is 5.13. The molecular formula is C23H19FN2O3S. The Morgan fingerprint density at radius 2 is 1.73 bits per heavy atom. The number of hydrogen-bond acceptors (Lipinski definition) is 4. The van der Waals surface area contributed by atoms with Crippen LogP contribution in [-0.4, -0.2) is 14.2 Å². The maximum atomic E-state index is 13.4. The van der Waals surface area contributed by atoms with Crippen molar-refractivity contribution in [1.82, 2.24) is 0 Å². The van der Waals surface area contributed by atoms with Crippen LogP contribution in [0.25, 0.3) is 0 Å². The number of halogens is 1. The number of allylic oxidation sites excluding steroid dienone is 1. The molecule has 4 rings (SSSR count). The number of carbonyl (C=O) groups is 1. The zero-order valence-electron chi connectivity index (χ0n) is 16.2. The molecule has 0 aliphatic carbocycles. The van der Waals surface area contributed by atoms with Gasteiger partial charge in [-0.2, -0.15) is 0 Å². The number of aryl methyl sites for hydroxylation is 1. The maximum absolute atomic E-state index is 13.4. The number of anilines is 2. The van der Waals surface area contributed by atoms with Crippen LogP contribution in [0.4, 0.5) is 15.8 Å². The van der Waals surface area contributed by atoms with Gasteiger partial charge < -0.3 is 5.32 Å². The minimum atomic E-state index is -4.13. The first-order valence-corrected chi connectivity index (χ1v) is 10.7. The van der Waals surface area contributed by atoms with Gasteiger partial charge in [-0.1, -0.05) is 48.0 Å². The van der Waals surface area contributed by atoms with Crippen molar-refractivity contribution in [3.63, 3.8) is 0 Å². The molecule has 152 valence electrons. The van der Waals surface area contributed by atoms with E-state index in [1.54, 1.807) is 30.3 Å². The van der Waals surface area contributed by atoms with Gasteiger partial charge in [-0.05, 0) is 42.8 Å². The quantitative estimate of drug-likeness (QED) is 0.623. The van der Waals surface area contributed by atoms with Crippen molar-refractivity contribution < 1.29 is 17.6 Å². The highest BCUT2D eigenvalue weighted by molar-refractivity contribution is 7.97. The summed E-state index contributed by atoms with van der Waals surface area (Å²) in [6.07, 6.45) is 1.13. The molecular weight excluding hydrogens is 403 g/mol. The topological polar surface area (TPSA) is 66.5 Å². The van der Waals surface area contributed by atoms with E-state index in [0.717, 1.165) is 17.3 Å². The maximum Gasteiger partial charge on any atom is 0.270 e. The lowest BCUT2D eigenvalue weighted by molar-refractivity contribution is 0.104. The molecule has 0 atom stereocenters. The zero-order valence-corrected chi connectivity index (χ0v) is 17.0. The van der Waals surface area contributed by atoms with Gasteiger partial charge in [0.1, 0.15) is 5.82 Å². The number of fused-ring (bicyclic) bond motifs is 1. The van der Waals surface area contributed by atoms with E-state index in [0.29, 0.717) is 16.9 Å². The third kappa shape index (κ3) is 3.71. The van der Waals surface area contributed by atoms with E-state index >= 15 is 0 Å². The number of benzene rings is 3. The van der Waals surface area contributed by atoms with Crippen molar-refractivity contribution in [3.05, 3.63) is 106 Å². The van der Waals surface area contributed by atoms with Crippen molar-refractivity contribution in [2.45, 2.75) is 13.5 Å². The molecule has 0 amide bonds. The Morgan fingerprint density at radius 3 is 2.47 bits per heavy atom. The second-order valence-electron chi connectivity index (χ2n) is 7.01. The highest BCUT2D eigenvalue weighted by atomic mass is 32.2. The number of Topliss-reactive ketones (excluding diaryl/α,β-unsaturated/α-hetero) is 1. The van der Waals surface area contributed by atoms with Gasteiger partial charge in [0.15, 0.2) is 4.91 Å². The molecule has 1 N–H and O–H groups in total. The van der Waals surface area contributed by atoms with Crippen LogP contribution >= 0.6 is 0 Å². The second-order valence-corrected chi connectivity index (χ2v) is 8.84. The molecule has 7 heteroatoms. The normalized spacial score (nSPS) is 16.4. The summed E-state index contributed by atoms with van der Waals surface area (Å²) < 4.78 is 41.4. The minimum Gasteiger partial charge on any atom is -0.360 e. The summed E-state index contributed by atoms with van der Waals surface area (Å²) in [5.41, 5.74) is 2.84. The van der Waals surface area contributed by atoms with Crippen LogP contribution in [-0.2, 0) is 16.6 Å². The highest BCUT2D eigenvalue weighted by Crippen LogP contribution is 2.36. The molecule has 1 aliphatic heterocycles. The molecule has 0 spiro atoms. The first kappa shape index (κ1) is 19.8. The average molecular weight is 422 g/mol. The molecule has 0 aromatic heterocycles. The average Bonchev–Trinajstić information content (AvgIpc) is 2.72. The van der Waals surface area contributed by atoms with Gasteiger partial charge in [-0.3, -0.25) is 9.10 Å². The third-order valence-electron chi connectivity index (χ3n) is 4.85. The number of para-hydroxylation sites is 1. The van der Waals surface area contributed by atoms with Crippen molar-refractivity contribution in [3.8, 4) is 0 Å². The molecule has 3 aromatic rings. The van der Waals surface area contributed by atoms with Crippen LogP contribution in [0.1, 0.15) is 21.5 Å². The van der Waals surface area contributed by atoms with Crippen LogP contribution < -0.4 is 9.62 Å². The number of ketones is 1. The summed E-state index contributed by atoms with van der Waals surface area (Å²) in [6.45, 7) is 2.04. The van der Waals surface area contributed by atoms with Crippen molar-refractivity contribution in [2.24, 2.45) is 0 Å². The lowest BCUT2D eigenvalue weighted by Gasteiger charge is -2.31. The van der Waals surface area contributed by atoms with Crippen LogP contribution in [0.15, 0.2) is 83.9 Å². The van der Waals surface area contributed by atoms with E-state index in [9.17, 15) is 17.6 Å². The van der Waals surface area contributed by atoms with Gasteiger partial charge in [0, 0.05) is 17.5 Å². The first-order valence-electron chi connectivity index (χ1n) is 9.30. The Balaban J connectivity index is 1.77. The molecule has 0 unspecified atom stereocenters. The molecule has 30 heavy (non-hydrogen) atoms. The molecule has 0 radical (unpaired) electrons. The SMILES string of the molecule is Cc1ccc(CN2c3ccccc3C(=O)/C(=C\Nc3cccc(F)c3)S2(=O)=O)cc1. The molecule has 0 saturated carbocycles. The van der Waals surface area contributed by atoms with E-state index in [1.165, 1.54) is 22.5 Å². The number of carbonyl (C=O) groups excluding carboxylic acids is 1. The fraction of sp³-hybridized carbons (Fsp3) is 0.0870. The van der Waals surface area contributed by atoms with Crippen LogP contribution in [0.5, 0.6) is 0 Å². The largest absolute Gasteiger partial charge is 0.360 e. The zero-order chi connectivity index (χ0) is 21.3. The van der Waals surface area contributed by atoms with Gasteiger partial charge in [-0.15, -0.1) is 0 Å². The molecule has 3 aromatic carbocycles. The molecule has 1 heterocycles. The standard InChI is InChI=1S/C23H19FN2O3S/c1-16-9-11-17(12-10-16)15-26-21-8-3-2-7-20(21)23(27)22(30(26,28)29)14-25-19-6-4-5-18(24)13-19/h2-14,25H,15H2,1H3/b22-14+. The summed E-state index contributed by atoms with van der Waals surface area (Å²) in [6, 6.07) is 19.7. The summed E-state index contributed by atoms with van der Waals surface area (Å²) in [5.74, 6) is -1.07. The summed E-state index contributed by atoms with van der Waals surface area (Å²) in [7, 11) is -4.13. The van der Waals surface area contributed by atoms with Crippen molar-refractivity contribution in [1.29, 1.82) is 0 Å². The van der Waals surface area contributed by atoms with Crippen LogP contribution in [0, 0.1) is 12.7 Å². The number of hydrogen-bond donors (Lipinski definition) is 1. The number of nitrogens with one attached hydrogen (secondary N) is 1. The predicted octanol–water partition coefficient (Wildman–Crippen LogP) is 4.62. The molecule has 5 nitrogen and oxygen atoms in total. The number of nitrogens with zero attached hydrogens (tertiary/aromatic N) is 1. The molecule has 0 fully saturated rings. The van der Waals surface area contributed by atoms with Gasteiger partial charge >= 0.3 is 0 Å². The monoisotopic (exact) mass is 422 g/mol. The fourth-order valence-corrected chi connectivity index (χ4v) is 4.80. The van der Waals surface area contributed by atoms with Crippen molar-refractivity contribution in [2.75, 3.05) is 9.62 Å². The second kappa shape index (κ2) is 7.76. The smallest absolute Gasteiger partial charge is 0.270 e. The predicted molar refractivity (Wildman–Crippen MR) is 115 cm³/mol. The lowest BCUT2D eigenvalue weighted by atomic mass is 10.1. The minimum absolute atomic E-state index is 0.0875. The highest BCUT2D eigenvalue weighted by Gasteiger charge is 2.40. The molecule has 0 bridgehead atoms. The van der Waals surface area contributed by atoms with Gasteiger partial charge in [0.2, 0.25) is 5.78 Å². The Morgan fingerprint density at radius 1 is 1.00 bits per heavy atom. The van der Waals surface area contributed by atoms with E-state index in [-0.39, 0.29) is 6.54 Å². The summed E-state index contributed by atoms with van der Waals surface area (Å²) >= 11 is 0. The lowest BCUT2D eigenvalue weighted by Crippen LogP contribution is -2.39. The Hall–Kier alpha value is -3.45. The van der Waals surface area contributed by atoms with Crippen LogP contribution in [0.2, 0.25) is 0 Å². The third-order valence-corrected chi connectivity index (χ3v) is 6.62. The molecule has 0 saturated heterocycles. The summed E-state index contributed by atoms with van der Waals surface area (Å²) in [5, 5.41) is 2.74. The number of sulfonamides is 1. The van der Waals surface area contributed by atoms with E-state index < -0.39 is 26.5 Å². The Labute approximate surface area is 174 Å². The first-order chi connectivity index (χ1) is 14.4. The molecule has 1 aliphatic rings. The fourth-order valence-electron chi connectivity index (χ4n) is 3.28. The van der Waals surface area contributed by atoms with Crippen LogP contribution in [0.3, 0.4) is 0 Å². The van der Waals surface area contributed by atoms with Gasteiger partial charge in [0.25, 0.3) is 10.0 Å².